The summed E-state index contributed by atoms with van der Waals surface area (Å²) in [6.45, 7) is 5.28. The molecule has 0 aliphatic rings. The SMILES string of the molecule is CCN(CC)S(=O)(=O)c1ccc(C)c(NC(=O)COC(=O)c2cc3ccccc3cc2O)c1. The van der Waals surface area contributed by atoms with Crippen LogP contribution in [0.1, 0.15) is 29.8 Å². The fourth-order valence-electron chi connectivity index (χ4n) is 3.40. The van der Waals surface area contributed by atoms with Gasteiger partial charge >= 0.3 is 5.97 Å². The van der Waals surface area contributed by atoms with E-state index < -0.39 is 28.5 Å². The number of phenolic OH excluding ortho intramolecular Hbond substituents is 1. The Labute approximate surface area is 192 Å². The first-order valence-electron chi connectivity index (χ1n) is 10.5. The second-order valence-corrected chi connectivity index (χ2v) is 9.34. The van der Waals surface area contributed by atoms with E-state index in [1.165, 1.54) is 28.6 Å². The van der Waals surface area contributed by atoms with Crippen molar-refractivity contribution >= 4 is 38.4 Å². The molecule has 8 nitrogen and oxygen atoms in total. The summed E-state index contributed by atoms with van der Waals surface area (Å²) in [5.41, 5.74) is 0.906. The molecular weight excluding hydrogens is 444 g/mol. The average molecular weight is 471 g/mol. The zero-order valence-corrected chi connectivity index (χ0v) is 19.5. The molecular formula is C24H26N2O6S. The van der Waals surface area contributed by atoms with Crippen molar-refractivity contribution in [2.75, 3.05) is 25.0 Å². The van der Waals surface area contributed by atoms with Crippen molar-refractivity contribution < 1.29 is 27.9 Å². The van der Waals surface area contributed by atoms with E-state index in [0.717, 1.165) is 10.8 Å². The molecule has 0 saturated carbocycles. The lowest BCUT2D eigenvalue weighted by atomic mass is 10.1. The number of nitrogens with zero attached hydrogens (tertiary/aromatic N) is 1. The van der Waals surface area contributed by atoms with E-state index in [0.29, 0.717) is 24.3 Å². The quantitative estimate of drug-likeness (QED) is 0.486. The van der Waals surface area contributed by atoms with E-state index >= 15 is 0 Å². The number of esters is 1. The second kappa shape index (κ2) is 10.0. The molecule has 2 N–H and O–H groups in total. The maximum Gasteiger partial charge on any atom is 0.342 e. The number of carbonyl (C=O) groups excluding carboxylic acids is 2. The fourth-order valence-corrected chi connectivity index (χ4v) is 4.88. The average Bonchev–Trinajstić information content (AvgIpc) is 2.79. The number of rotatable bonds is 8. The fraction of sp³-hybridized carbons (Fsp3) is 0.250. The molecule has 0 heterocycles. The van der Waals surface area contributed by atoms with Crippen LogP contribution in [-0.2, 0) is 19.6 Å². The number of sulfonamides is 1. The number of hydrogen-bond donors (Lipinski definition) is 2. The van der Waals surface area contributed by atoms with Crippen molar-refractivity contribution in [2.45, 2.75) is 25.7 Å². The molecule has 3 rings (SSSR count). The second-order valence-electron chi connectivity index (χ2n) is 7.41. The van der Waals surface area contributed by atoms with Crippen molar-refractivity contribution in [2.24, 2.45) is 0 Å². The highest BCUT2D eigenvalue weighted by atomic mass is 32.2. The Bertz CT molecular complexity index is 1300. The van der Waals surface area contributed by atoms with Crippen LogP contribution < -0.4 is 5.32 Å². The molecule has 1 amide bonds. The maximum atomic E-state index is 12.8. The first kappa shape index (κ1) is 24.2. The third-order valence-electron chi connectivity index (χ3n) is 5.24. The summed E-state index contributed by atoms with van der Waals surface area (Å²) >= 11 is 0. The van der Waals surface area contributed by atoms with Gasteiger partial charge in [0.1, 0.15) is 11.3 Å². The lowest BCUT2D eigenvalue weighted by molar-refractivity contribution is -0.119. The molecule has 0 spiro atoms. The van der Waals surface area contributed by atoms with Gasteiger partial charge in [0, 0.05) is 18.8 Å². The Kier molecular flexibility index (Phi) is 7.35. The Balaban J connectivity index is 1.71. The monoisotopic (exact) mass is 470 g/mol. The summed E-state index contributed by atoms with van der Waals surface area (Å²) in [5, 5.41) is 14.2. The normalized spacial score (nSPS) is 11.5. The minimum atomic E-state index is -3.69. The predicted molar refractivity (Wildman–Crippen MR) is 126 cm³/mol. The first-order valence-corrected chi connectivity index (χ1v) is 11.9. The molecule has 174 valence electrons. The number of carbonyl (C=O) groups is 2. The van der Waals surface area contributed by atoms with Gasteiger partial charge in [0.2, 0.25) is 10.0 Å². The lowest BCUT2D eigenvalue weighted by Crippen LogP contribution is -2.30. The number of hydrogen-bond acceptors (Lipinski definition) is 6. The van der Waals surface area contributed by atoms with Crippen LogP contribution >= 0.6 is 0 Å². The molecule has 9 heteroatoms. The van der Waals surface area contributed by atoms with Crippen molar-refractivity contribution in [1.29, 1.82) is 0 Å². The molecule has 0 fully saturated rings. The van der Waals surface area contributed by atoms with Gasteiger partial charge in [-0.05, 0) is 47.5 Å². The van der Waals surface area contributed by atoms with Crippen LogP contribution in [0, 0.1) is 6.92 Å². The number of anilines is 1. The number of amides is 1. The Morgan fingerprint density at radius 2 is 1.64 bits per heavy atom. The largest absolute Gasteiger partial charge is 0.507 e. The topological polar surface area (TPSA) is 113 Å². The van der Waals surface area contributed by atoms with Gasteiger partial charge in [-0.1, -0.05) is 44.2 Å². The van der Waals surface area contributed by atoms with E-state index in [1.807, 2.05) is 6.07 Å². The Morgan fingerprint density at radius 1 is 1.00 bits per heavy atom. The Hall–Kier alpha value is -3.43. The van der Waals surface area contributed by atoms with E-state index in [9.17, 15) is 23.1 Å². The van der Waals surface area contributed by atoms with Gasteiger partial charge in [0.05, 0.1) is 4.90 Å². The standard InChI is InChI=1S/C24H26N2O6S/c1-4-26(5-2)33(30,31)19-11-10-16(3)21(14-19)25-23(28)15-32-24(29)20-12-17-8-6-7-9-18(17)13-22(20)27/h6-14,27H,4-5,15H2,1-3H3,(H,25,28). The highest BCUT2D eigenvalue weighted by Gasteiger charge is 2.23. The van der Waals surface area contributed by atoms with Crippen molar-refractivity contribution in [3.8, 4) is 5.75 Å². The van der Waals surface area contributed by atoms with E-state index in [-0.39, 0.29) is 16.2 Å². The van der Waals surface area contributed by atoms with Crippen LogP contribution in [0.3, 0.4) is 0 Å². The molecule has 0 aromatic heterocycles. The van der Waals surface area contributed by atoms with Crippen LogP contribution in [0.15, 0.2) is 59.5 Å². The van der Waals surface area contributed by atoms with E-state index in [2.05, 4.69) is 5.32 Å². The van der Waals surface area contributed by atoms with E-state index in [1.54, 1.807) is 45.0 Å². The minimum Gasteiger partial charge on any atom is -0.507 e. The molecule has 33 heavy (non-hydrogen) atoms. The summed E-state index contributed by atoms with van der Waals surface area (Å²) in [6.07, 6.45) is 0. The number of fused-ring (bicyclic) bond motifs is 1. The number of aryl methyl sites for hydroxylation is 1. The Morgan fingerprint density at radius 3 is 2.27 bits per heavy atom. The van der Waals surface area contributed by atoms with Gasteiger partial charge in [-0.25, -0.2) is 13.2 Å². The number of ether oxygens (including phenoxy) is 1. The first-order chi connectivity index (χ1) is 15.7. The molecule has 3 aromatic carbocycles. The molecule has 0 saturated heterocycles. The molecule has 0 atom stereocenters. The van der Waals surface area contributed by atoms with Crippen LogP contribution in [0.2, 0.25) is 0 Å². The van der Waals surface area contributed by atoms with Crippen molar-refractivity contribution in [3.63, 3.8) is 0 Å². The van der Waals surface area contributed by atoms with Gasteiger partial charge in [0.15, 0.2) is 6.61 Å². The van der Waals surface area contributed by atoms with Crippen molar-refractivity contribution in [1.82, 2.24) is 4.31 Å². The number of benzene rings is 3. The number of aromatic hydroxyl groups is 1. The van der Waals surface area contributed by atoms with E-state index in [4.69, 9.17) is 4.74 Å². The summed E-state index contributed by atoms with van der Waals surface area (Å²) in [5.74, 6) is -1.73. The summed E-state index contributed by atoms with van der Waals surface area (Å²) in [4.78, 5) is 24.9. The predicted octanol–water partition coefficient (Wildman–Crippen LogP) is 3.68. The summed E-state index contributed by atoms with van der Waals surface area (Å²) in [6, 6.07) is 14.6. The third kappa shape index (κ3) is 5.32. The lowest BCUT2D eigenvalue weighted by Gasteiger charge is -2.19. The van der Waals surface area contributed by atoms with Crippen LogP contribution in [0.5, 0.6) is 5.75 Å². The van der Waals surface area contributed by atoms with Crippen LogP contribution in [0.4, 0.5) is 5.69 Å². The van der Waals surface area contributed by atoms with Gasteiger partial charge in [-0.2, -0.15) is 4.31 Å². The molecule has 3 aromatic rings. The van der Waals surface area contributed by atoms with Gasteiger partial charge in [0.25, 0.3) is 5.91 Å². The molecule has 0 aliphatic heterocycles. The molecule has 0 bridgehead atoms. The smallest absolute Gasteiger partial charge is 0.342 e. The minimum absolute atomic E-state index is 0.0509. The van der Waals surface area contributed by atoms with Gasteiger partial charge in [-0.3, -0.25) is 4.79 Å². The molecule has 0 aliphatic carbocycles. The van der Waals surface area contributed by atoms with Crippen molar-refractivity contribution in [3.05, 3.63) is 65.7 Å². The number of nitrogens with one attached hydrogen (secondary N) is 1. The van der Waals surface area contributed by atoms with Crippen LogP contribution in [-0.4, -0.2) is 49.4 Å². The zero-order valence-electron chi connectivity index (χ0n) is 18.7. The summed E-state index contributed by atoms with van der Waals surface area (Å²) in [7, 11) is -3.69. The highest BCUT2D eigenvalue weighted by molar-refractivity contribution is 7.89. The number of phenols is 1. The molecule has 0 radical (unpaired) electrons. The zero-order chi connectivity index (χ0) is 24.2. The summed E-state index contributed by atoms with van der Waals surface area (Å²) < 4.78 is 31.9. The van der Waals surface area contributed by atoms with Gasteiger partial charge in [-0.15, -0.1) is 0 Å². The maximum absolute atomic E-state index is 12.8. The van der Waals surface area contributed by atoms with Crippen LogP contribution in [0.25, 0.3) is 10.8 Å². The van der Waals surface area contributed by atoms with Gasteiger partial charge < -0.3 is 15.2 Å². The third-order valence-corrected chi connectivity index (χ3v) is 7.29. The molecule has 0 unspecified atom stereocenters. The highest BCUT2D eigenvalue weighted by Crippen LogP contribution is 2.26.